The minimum atomic E-state index is -1.03. The fraction of sp³-hybridized carbons (Fsp3) is 0.154. The lowest BCUT2D eigenvalue weighted by atomic mass is 10.1. The molecule has 0 saturated carbocycles. The van der Waals surface area contributed by atoms with Gasteiger partial charge in [0.15, 0.2) is 5.88 Å². The number of carboxylic acid groups (broad SMARTS) is 1. The van der Waals surface area contributed by atoms with Crippen molar-refractivity contribution in [1.82, 2.24) is 0 Å². The molecule has 1 aromatic heterocycles. The topological polar surface area (TPSA) is 53.7 Å². The van der Waals surface area contributed by atoms with Crippen molar-refractivity contribution >= 4 is 11.9 Å². The maximum Gasteiger partial charge on any atom is 0.371 e. The lowest BCUT2D eigenvalue weighted by Crippen LogP contribution is -2.13. The Balaban J connectivity index is 1.86. The minimum Gasteiger partial charge on any atom is -0.475 e. The Hall–Kier alpha value is -2.23. The standard InChI is InChI=1S/C13H11NO3/c15-13(16)11-5-6-12(17-11)14-7-9-3-1-2-4-10(9)8-14/h1-6H,7-8H2,(H,15,16). The van der Waals surface area contributed by atoms with Crippen molar-refractivity contribution < 1.29 is 14.3 Å². The molecule has 0 aliphatic carbocycles. The first-order chi connectivity index (χ1) is 8.24. The maximum absolute atomic E-state index is 10.7. The summed E-state index contributed by atoms with van der Waals surface area (Å²) in [4.78, 5) is 12.8. The molecule has 0 fully saturated rings. The first-order valence-electron chi connectivity index (χ1n) is 5.39. The van der Waals surface area contributed by atoms with Crippen LogP contribution in [0.1, 0.15) is 21.7 Å². The van der Waals surface area contributed by atoms with Gasteiger partial charge in [0, 0.05) is 19.2 Å². The lowest BCUT2D eigenvalue weighted by molar-refractivity contribution is 0.0663. The lowest BCUT2D eigenvalue weighted by Gasteiger charge is -2.12. The average molecular weight is 229 g/mol. The van der Waals surface area contributed by atoms with Crippen molar-refractivity contribution in [2.45, 2.75) is 13.1 Å². The second kappa shape index (κ2) is 3.66. The normalized spacial score (nSPS) is 13.8. The molecule has 2 heterocycles. The molecular formula is C13H11NO3. The molecule has 2 aromatic rings. The predicted molar refractivity (Wildman–Crippen MR) is 62.0 cm³/mol. The van der Waals surface area contributed by atoms with Crippen molar-refractivity contribution in [3.63, 3.8) is 0 Å². The zero-order valence-electron chi connectivity index (χ0n) is 9.09. The summed E-state index contributed by atoms with van der Waals surface area (Å²) in [6.07, 6.45) is 0. The van der Waals surface area contributed by atoms with Crippen LogP contribution in [0.4, 0.5) is 5.88 Å². The van der Waals surface area contributed by atoms with Crippen molar-refractivity contribution in [1.29, 1.82) is 0 Å². The van der Waals surface area contributed by atoms with Gasteiger partial charge in [0.1, 0.15) is 0 Å². The first kappa shape index (κ1) is 9.96. The van der Waals surface area contributed by atoms with Gasteiger partial charge in [-0.05, 0) is 17.2 Å². The Morgan fingerprint density at radius 1 is 1.12 bits per heavy atom. The van der Waals surface area contributed by atoms with Crippen molar-refractivity contribution in [3.05, 3.63) is 53.3 Å². The highest BCUT2D eigenvalue weighted by Gasteiger charge is 2.21. The van der Waals surface area contributed by atoms with Crippen LogP contribution in [-0.4, -0.2) is 11.1 Å². The number of benzene rings is 1. The molecule has 4 heteroatoms. The zero-order chi connectivity index (χ0) is 11.8. The summed E-state index contributed by atoms with van der Waals surface area (Å²) in [6, 6.07) is 11.4. The number of fused-ring (bicyclic) bond motifs is 1. The molecule has 0 spiro atoms. The fourth-order valence-electron chi connectivity index (χ4n) is 2.10. The highest BCUT2D eigenvalue weighted by molar-refractivity contribution is 5.84. The molecule has 1 aliphatic rings. The van der Waals surface area contributed by atoms with Crippen LogP contribution in [0.15, 0.2) is 40.8 Å². The summed E-state index contributed by atoms with van der Waals surface area (Å²) in [7, 11) is 0. The molecule has 0 unspecified atom stereocenters. The highest BCUT2D eigenvalue weighted by Crippen LogP contribution is 2.29. The maximum atomic E-state index is 10.7. The summed E-state index contributed by atoms with van der Waals surface area (Å²) in [5.74, 6) is -0.442. The molecule has 0 radical (unpaired) electrons. The smallest absolute Gasteiger partial charge is 0.371 e. The Morgan fingerprint density at radius 3 is 2.29 bits per heavy atom. The van der Waals surface area contributed by atoms with Crippen LogP contribution < -0.4 is 4.90 Å². The molecule has 0 atom stereocenters. The van der Waals surface area contributed by atoms with Gasteiger partial charge >= 0.3 is 5.97 Å². The van der Waals surface area contributed by atoms with E-state index in [1.54, 1.807) is 6.07 Å². The number of carbonyl (C=O) groups is 1. The monoisotopic (exact) mass is 229 g/mol. The molecule has 1 aliphatic heterocycles. The van der Waals surface area contributed by atoms with Gasteiger partial charge in [-0.25, -0.2) is 4.79 Å². The number of aromatic carboxylic acids is 1. The highest BCUT2D eigenvalue weighted by atomic mass is 16.4. The third kappa shape index (κ3) is 1.67. The van der Waals surface area contributed by atoms with Gasteiger partial charge in [0.05, 0.1) is 0 Å². The van der Waals surface area contributed by atoms with Crippen LogP contribution in [0.5, 0.6) is 0 Å². The summed E-state index contributed by atoms with van der Waals surface area (Å²) in [6.45, 7) is 1.53. The number of nitrogens with zero attached hydrogens (tertiary/aromatic N) is 1. The Labute approximate surface area is 98.1 Å². The van der Waals surface area contributed by atoms with Crippen molar-refractivity contribution in [2.75, 3.05) is 4.90 Å². The average Bonchev–Trinajstić information content (AvgIpc) is 2.95. The summed E-state index contributed by atoms with van der Waals surface area (Å²) < 4.78 is 5.29. The number of carboxylic acids is 1. The Kier molecular flexibility index (Phi) is 2.14. The molecule has 1 N–H and O–H groups in total. The summed E-state index contributed by atoms with van der Waals surface area (Å²) in [5.41, 5.74) is 2.53. The van der Waals surface area contributed by atoms with Gasteiger partial charge in [0.2, 0.25) is 5.76 Å². The minimum absolute atomic E-state index is 0.0176. The van der Waals surface area contributed by atoms with E-state index in [-0.39, 0.29) is 5.76 Å². The summed E-state index contributed by atoms with van der Waals surface area (Å²) >= 11 is 0. The molecule has 0 amide bonds. The van der Waals surface area contributed by atoms with Crippen LogP contribution in [0, 0.1) is 0 Å². The van der Waals surface area contributed by atoms with Crippen LogP contribution >= 0.6 is 0 Å². The van der Waals surface area contributed by atoms with Gasteiger partial charge in [-0.15, -0.1) is 0 Å². The van der Waals surface area contributed by atoms with E-state index < -0.39 is 5.97 Å². The number of furan rings is 1. The van der Waals surface area contributed by atoms with Crippen molar-refractivity contribution in [3.8, 4) is 0 Å². The van der Waals surface area contributed by atoms with Crippen molar-refractivity contribution in [2.24, 2.45) is 0 Å². The van der Waals surface area contributed by atoms with Crippen LogP contribution in [-0.2, 0) is 13.1 Å². The van der Waals surface area contributed by atoms with E-state index in [9.17, 15) is 4.79 Å². The van der Waals surface area contributed by atoms with Crippen LogP contribution in [0.2, 0.25) is 0 Å². The Morgan fingerprint density at radius 2 is 1.76 bits per heavy atom. The van der Waals surface area contributed by atoms with E-state index in [4.69, 9.17) is 9.52 Å². The van der Waals surface area contributed by atoms with Gasteiger partial charge in [0.25, 0.3) is 0 Å². The third-order valence-electron chi connectivity index (χ3n) is 2.96. The SMILES string of the molecule is O=C(O)c1ccc(N2Cc3ccccc3C2)o1. The molecule has 3 rings (SSSR count). The number of anilines is 1. The molecule has 4 nitrogen and oxygen atoms in total. The Bertz CT molecular complexity index is 549. The van der Waals surface area contributed by atoms with E-state index >= 15 is 0 Å². The van der Waals surface area contributed by atoms with Crippen LogP contribution in [0.3, 0.4) is 0 Å². The molecular weight excluding hydrogens is 218 g/mol. The first-order valence-corrected chi connectivity index (χ1v) is 5.39. The number of hydrogen-bond acceptors (Lipinski definition) is 3. The molecule has 17 heavy (non-hydrogen) atoms. The van der Waals surface area contributed by atoms with E-state index in [0.717, 1.165) is 13.1 Å². The number of rotatable bonds is 2. The molecule has 86 valence electrons. The second-order valence-electron chi connectivity index (χ2n) is 4.07. The van der Waals surface area contributed by atoms with Gasteiger partial charge in [-0.2, -0.15) is 0 Å². The second-order valence-corrected chi connectivity index (χ2v) is 4.07. The van der Waals surface area contributed by atoms with E-state index in [0.29, 0.717) is 5.88 Å². The fourth-order valence-corrected chi connectivity index (χ4v) is 2.10. The largest absolute Gasteiger partial charge is 0.475 e. The van der Waals surface area contributed by atoms with E-state index in [1.165, 1.54) is 17.2 Å². The van der Waals surface area contributed by atoms with Gasteiger partial charge < -0.3 is 14.4 Å². The molecule has 0 bridgehead atoms. The van der Waals surface area contributed by atoms with E-state index in [2.05, 4.69) is 12.1 Å². The predicted octanol–water partition coefficient (Wildman–Crippen LogP) is 2.50. The van der Waals surface area contributed by atoms with Gasteiger partial charge in [-0.1, -0.05) is 24.3 Å². The molecule has 0 saturated heterocycles. The summed E-state index contributed by atoms with van der Waals surface area (Å²) in [5, 5.41) is 8.80. The number of hydrogen-bond donors (Lipinski definition) is 1. The van der Waals surface area contributed by atoms with Gasteiger partial charge in [-0.3, -0.25) is 0 Å². The van der Waals surface area contributed by atoms with Crippen LogP contribution in [0.25, 0.3) is 0 Å². The van der Waals surface area contributed by atoms with E-state index in [1.807, 2.05) is 17.0 Å². The quantitative estimate of drug-likeness (QED) is 0.859. The third-order valence-corrected chi connectivity index (χ3v) is 2.96. The molecule has 1 aromatic carbocycles. The zero-order valence-corrected chi connectivity index (χ0v) is 9.09.